The SMILES string of the molecule is Cc1ncc(-c2cc3cc(NC(=O)CN4C[C@H]5C[C@@H]4CO5)ncc3cn2)s1. The summed E-state index contributed by atoms with van der Waals surface area (Å²) in [6, 6.07) is 4.28. The summed E-state index contributed by atoms with van der Waals surface area (Å²) in [6.45, 7) is 3.93. The third-order valence-corrected chi connectivity index (χ3v) is 6.04. The van der Waals surface area contributed by atoms with Crippen LogP contribution in [0, 0.1) is 6.92 Å². The van der Waals surface area contributed by atoms with Crippen molar-refractivity contribution in [2.24, 2.45) is 0 Å². The van der Waals surface area contributed by atoms with Crippen molar-refractivity contribution >= 4 is 33.8 Å². The Balaban J connectivity index is 1.33. The molecule has 0 spiro atoms. The van der Waals surface area contributed by atoms with E-state index in [4.69, 9.17) is 4.74 Å². The van der Waals surface area contributed by atoms with Crippen molar-refractivity contribution in [3.05, 3.63) is 35.7 Å². The van der Waals surface area contributed by atoms with Gasteiger partial charge in [0.05, 0.1) is 34.8 Å². The largest absolute Gasteiger partial charge is 0.375 e. The fourth-order valence-electron chi connectivity index (χ4n) is 3.76. The van der Waals surface area contributed by atoms with E-state index < -0.39 is 0 Å². The van der Waals surface area contributed by atoms with Gasteiger partial charge in [-0.15, -0.1) is 11.3 Å². The fraction of sp³-hybridized carbons (Fsp3) is 0.368. The van der Waals surface area contributed by atoms with Crippen LogP contribution >= 0.6 is 11.3 Å². The molecule has 0 aromatic carbocycles. The molecule has 2 saturated heterocycles. The number of anilines is 1. The molecule has 2 bridgehead atoms. The van der Waals surface area contributed by atoms with E-state index in [1.807, 2.05) is 25.3 Å². The van der Waals surface area contributed by atoms with Crippen molar-refractivity contribution in [1.82, 2.24) is 19.9 Å². The zero-order valence-corrected chi connectivity index (χ0v) is 15.7. The quantitative estimate of drug-likeness (QED) is 0.748. The van der Waals surface area contributed by atoms with Gasteiger partial charge in [0.1, 0.15) is 5.82 Å². The molecule has 3 aromatic heterocycles. The zero-order valence-electron chi connectivity index (χ0n) is 14.9. The Hall–Kier alpha value is -2.42. The predicted molar refractivity (Wildman–Crippen MR) is 104 cm³/mol. The van der Waals surface area contributed by atoms with E-state index in [0.717, 1.165) is 45.9 Å². The van der Waals surface area contributed by atoms with Crippen LogP contribution in [-0.2, 0) is 9.53 Å². The van der Waals surface area contributed by atoms with Gasteiger partial charge in [-0.3, -0.25) is 14.7 Å². The molecule has 2 atom stereocenters. The van der Waals surface area contributed by atoms with Crippen molar-refractivity contribution in [3.63, 3.8) is 0 Å². The number of aryl methyl sites for hydroxylation is 1. The molecule has 2 aliphatic rings. The Morgan fingerprint density at radius 3 is 2.89 bits per heavy atom. The second kappa shape index (κ2) is 6.63. The molecule has 1 N–H and O–H groups in total. The minimum atomic E-state index is -0.0400. The molecule has 0 radical (unpaired) electrons. The lowest BCUT2D eigenvalue weighted by atomic mass is 10.2. The highest BCUT2D eigenvalue weighted by molar-refractivity contribution is 7.15. The van der Waals surface area contributed by atoms with E-state index in [9.17, 15) is 4.79 Å². The van der Waals surface area contributed by atoms with Crippen LogP contribution in [0.2, 0.25) is 0 Å². The average Bonchev–Trinajstić information content (AvgIpc) is 3.38. The van der Waals surface area contributed by atoms with Gasteiger partial charge in [0.25, 0.3) is 0 Å². The number of carbonyl (C=O) groups is 1. The molecule has 1 amide bonds. The molecule has 7 nitrogen and oxygen atoms in total. The molecule has 0 aliphatic carbocycles. The molecule has 0 saturated carbocycles. The van der Waals surface area contributed by atoms with E-state index in [2.05, 4.69) is 25.2 Å². The number of fused-ring (bicyclic) bond motifs is 3. The van der Waals surface area contributed by atoms with Crippen molar-refractivity contribution in [2.45, 2.75) is 25.5 Å². The first kappa shape index (κ1) is 16.7. The standard InChI is InChI=1S/C19H19N5O2S/c1-11-20-7-17(27-11)16-2-12-3-18(22-6-13(12)5-21-16)23-19(25)9-24-8-15-4-14(24)10-26-15/h2-3,5-7,14-15H,4,8-10H2,1H3,(H,22,23,25)/t14-,15-/m1/s1. The topological polar surface area (TPSA) is 80.2 Å². The summed E-state index contributed by atoms with van der Waals surface area (Å²) < 4.78 is 5.58. The highest BCUT2D eigenvalue weighted by Crippen LogP contribution is 2.28. The number of hydrogen-bond acceptors (Lipinski definition) is 7. The van der Waals surface area contributed by atoms with Crippen LogP contribution in [0.5, 0.6) is 0 Å². The minimum absolute atomic E-state index is 0.0400. The maximum Gasteiger partial charge on any atom is 0.239 e. The highest BCUT2D eigenvalue weighted by atomic mass is 32.1. The van der Waals surface area contributed by atoms with Crippen LogP contribution in [-0.4, -0.2) is 57.6 Å². The molecule has 3 aromatic rings. The van der Waals surface area contributed by atoms with Crippen LogP contribution < -0.4 is 5.32 Å². The zero-order chi connectivity index (χ0) is 18.4. The van der Waals surface area contributed by atoms with Gasteiger partial charge >= 0.3 is 0 Å². The number of nitrogens with one attached hydrogen (secondary N) is 1. The fourth-order valence-corrected chi connectivity index (χ4v) is 4.51. The van der Waals surface area contributed by atoms with Gasteiger partial charge in [-0.2, -0.15) is 0 Å². The van der Waals surface area contributed by atoms with Gasteiger partial charge < -0.3 is 10.1 Å². The van der Waals surface area contributed by atoms with Gasteiger partial charge in [0.2, 0.25) is 5.91 Å². The third-order valence-electron chi connectivity index (χ3n) is 5.10. The predicted octanol–water partition coefficient (Wildman–Crippen LogP) is 2.47. The number of amides is 1. The van der Waals surface area contributed by atoms with E-state index in [-0.39, 0.29) is 5.91 Å². The molecule has 138 valence electrons. The number of morpholine rings is 1. The van der Waals surface area contributed by atoms with Crippen LogP contribution in [0.15, 0.2) is 30.7 Å². The van der Waals surface area contributed by atoms with E-state index in [1.54, 1.807) is 23.7 Å². The van der Waals surface area contributed by atoms with Crippen LogP contribution in [0.3, 0.4) is 0 Å². The summed E-state index contributed by atoms with van der Waals surface area (Å²) in [5, 5.41) is 5.86. The Labute approximate surface area is 160 Å². The number of pyridine rings is 2. The third kappa shape index (κ3) is 3.31. The smallest absolute Gasteiger partial charge is 0.239 e. The Bertz CT molecular complexity index is 1020. The molecule has 0 unspecified atom stereocenters. The summed E-state index contributed by atoms with van der Waals surface area (Å²) in [5.74, 6) is 0.521. The summed E-state index contributed by atoms with van der Waals surface area (Å²) in [6.07, 6.45) is 6.72. The first-order valence-corrected chi connectivity index (χ1v) is 9.80. The van der Waals surface area contributed by atoms with Crippen LogP contribution in [0.1, 0.15) is 11.4 Å². The lowest BCUT2D eigenvalue weighted by Gasteiger charge is -2.25. The maximum absolute atomic E-state index is 12.4. The number of thiazole rings is 1. The van der Waals surface area contributed by atoms with Gasteiger partial charge in [0, 0.05) is 36.6 Å². The second-order valence-corrected chi connectivity index (χ2v) is 8.29. The first-order chi connectivity index (χ1) is 13.1. The summed E-state index contributed by atoms with van der Waals surface area (Å²) in [5.41, 5.74) is 0.879. The first-order valence-electron chi connectivity index (χ1n) is 8.98. The molecule has 2 fully saturated rings. The van der Waals surface area contributed by atoms with Gasteiger partial charge in [-0.25, -0.2) is 9.97 Å². The molecular formula is C19H19N5O2S. The Morgan fingerprint density at radius 1 is 1.26 bits per heavy atom. The Morgan fingerprint density at radius 2 is 2.15 bits per heavy atom. The molecule has 5 heterocycles. The summed E-state index contributed by atoms with van der Waals surface area (Å²) in [7, 11) is 0. The molecule has 8 heteroatoms. The van der Waals surface area contributed by atoms with Crippen LogP contribution in [0.4, 0.5) is 5.82 Å². The van der Waals surface area contributed by atoms with Gasteiger partial charge in [0.15, 0.2) is 0 Å². The normalized spacial score (nSPS) is 21.8. The maximum atomic E-state index is 12.4. The molecule has 5 rings (SSSR count). The van der Waals surface area contributed by atoms with Crippen molar-refractivity contribution in [2.75, 3.05) is 25.0 Å². The van der Waals surface area contributed by atoms with Gasteiger partial charge in [-0.05, 0) is 30.9 Å². The summed E-state index contributed by atoms with van der Waals surface area (Å²) >= 11 is 1.61. The van der Waals surface area contributed by atoms with Gasteiger partial charge in [-0.1, -0.05) is 0 Å². The molecule has 2 aliphatic heterocycles. The second-order valence-electron chi connectivity index (χ2n) is 7.05. The number of rotatable bonds is 4. The molecular weight excluding hydrogens is 362 g/mol. The lowest BCUT2D eigenvalue weighted by Crippen LogP contribution is -2.41. The van der Waals surface area contributed by atoms with Crippen molar-refractivity contribution in [1.29, 1.82) is 0 Å². The van der Waals surface area contributed by atoms with Crippen molar-refractivity contribution < 1.29 is 9.53 Å². The average molecular weight is 381 g/mol. The highest BCUT2D eigenvalue weighted by Gasteiger charge is 2.39. The minimum Gasteiger partial charge on any atom is -0.375 e. The monoisotopic (exact) mass is 381 g/mol. The summed E-state index contributed by atoms with van der Waals surface area (Å²) in [4.78, 5) is 28.8. The van der Waals surface area contributed by atoms with E-state index >= 15 is 0 Å². The molecule has 27 heavy (non-hydrogen) atoms. The number of hydrogen-bond donors (Lipinski definition) is 1. The number of nitrogens with zero attached hydrogens (tertiary/aromatic N) is 4. The van der Waals surface area contributed by atoms with E-state index in [1.165, 1.54) is 0 Å². The number of ether oxygens (including phenoxy) is 1. The Kier molecular flexibility index (Phi) is 4.11. The number of carbonyl (C=O) groups excluding carboxylic acids is 1. The number of likely N-dealkylation sites (tertiary alicyclic amines) is 1. The van der Waals surface area contributed by atoms with Crippen molar-refractivity contribution in [3.8, 4) is 10.6 Å². The number of aromatic nitrogens is 3. The lowest BCUT2D eigenvalue weighted by molar-refractivity contribution is -0.118. The van der Waals surface area contributed by atoms with E-state index in [0.29, 0.717) is 24.5 Å². The van der Waals surface area contributed by atoms with Crippen LogP contribution in [0.25, 0.3) is 21.3 Å².